The molecule has 0 saturated carbocycles. The molecule has 2 saturated heterocycles. The van der Waals surface area contributed by atoms with Crippen LogP contribution in [0.1, 0.15) is 72.8 Å². The summed E-state index contributed by atoms with van der Waals surface area (Å²) in [6, 6.07) is 27.3. The highest BCUT2D eigenvalue weighted by Gasteiger charge is 2.53. The Hall–Kier alpha value is -2.91. The number of anilines is 1. The minimum absolute atomic E-state index is 0.164. The number of H-pyrrole nitrogens is 1. The second kappa shape index (κ2) is 11.5. The van der Waals surface area contributed by atoms with Crippen LogP contribution in [-0.2, 0) is 13.7 Å². The zero-order valence-electron chi connectivity index (χ0n) is 26.8. The molecule has 0 bridgehead atoms. The second-order valence-corrected chi connectivity index (χ2v) is 17.1. The van der Waals surface area contributed by atoms with E-state index >= 15 is 0 Å². The zero-order valence-corrected chi connectivity index (χ0v) is 27.8. The highest BCUT2D eigenvalue weighted by atomic mass is 28.4. The molecule has 0 unspecified atom stereocenters. The molecule has 4 aromatic rings. The molecule has 0 spiro atoms. The highest BCUT2D eigenvalue weighted by Crippen LogP contribution is 2.38. The zero-order chi connectivity index (χ0) is 30.4. The van der Waals surface area contributed by atoms with Gasteiger partial charge in [0.15, 0.2) is 0 Å². The van der Waals surface area contributed by atoms with E-state index in [9.17, 15) is 0 Å². The predicted octanol–water partition coefficient (Wildman–Crippen LogP) is 5.75. The van der Waals surface area contributed by atoms with Crippen LogP contribution in [0.4, 0.5) is 5.82 Å². The van der Waals surface area contributed by atoms with Crippen molar-refractivity contribution in [3.63, 3.8) is 0 Å². The van der Waals surface area contributed by atoms with Crippen molar-refractivity contribution in [2.45, 2.75) is 90.6 Å². The lowest BCUT2D eigenvalue weighted by molar-refractivity contribution is 0.00578. The summed E-state index contributed by atoms with van der Waals surface area (Å²) in [4.78, 5) is 11.2. The Balaban J connectivity index is 1.26. The summed E-state index contributed by atoms with van der Waals surface area (Å²) >= 11 is 0. The van der Waals surface area contributed by atoms with Crippen LogP contribution in [0.3, 0.4) is 0 Å². The van der Waals surface area contributed by atoms with Gasteiger partial charge in [0.25, 0.3) is 8.32 Å². The summed E-state index contributed by atoms with van der Waals surface area (Å²) in [6.45, 7) is 16.8. The molecular weight excluding hydrogens is 549 g/mol. The first-order chi connectivity index (χ1) is 20.5. The van der Waals surface area contributed by atoms with Crippen LogP contribution in [0.2, 0.25) is 6.04 Å². The first-order valence-electron chi connectivity index (χ1n) is 16.0. The van der Waals surface area contributed by atoms with E-state index in [-0.39, 0.29) is 12.0 Å². The Morgan fingerprint density at radius 3 is 2.05 bits per heavy atom. The lowest BCUT2D eigenvalue weighted by atomic mass is 9.79. The Labute approximate surface area is 258 Å². The van der Waals surface area contributed by atoms with Crippen LogP contribution in [0.5, 0.6) is 0 Å². The van der Waals surface area contributed by atoms with E-state index in [0.29, 0.717) is 0 Å². The van der Waals surface area contributed by atoms with Crippen LogP contribution in [0, 0.1) is 0 Å². The number of hydrogen-bond acceptors (Lipinski definition) is 5. The van der Waals surface area contributed by atoms with E-state index in [1.807, 2.05) is 0 Å². The van der Waals surface area contributed by atoms with Crippen LogP contribution in [0.15, 0.2) is 72.8 Å². The van der Waals surface area contributed by atoms with Gasteiger partial charge in [-0.25, -0.2) is 4.98 Å². The summed E-state index contributed by atoms with van der Waals surface area (Å²) in [5.74, 6) is 1.26. The first kappa shape index (κ1) is 30.1. The maximum absolute atomic E-state index is 7.29. The monoisotopic (exact) mass is 595 g/mol. The number of fused-ring (bicyclic) bond motifs is 1. The van der Waals surface area contributed by atoms with Crippen LogP contribution >= 0.6 is 0 Å². The first-order valence-corrected chi connectivity index (χ1v) is 18.1. The van der Waals surface area contributed by atoms with Gasteiger partial charge in [-0.2, -0.15) is 0 Å². The fourth-order valence-electron chi connectivity index (χ4n) is 6.48. The molecule has 6 rings (SSSR count). The van der Waals surface area contributed by atoms with Gasteiger partial charge >= 0.3 is 7.12 Å². The van der Waals surface area contributed by atoms with Gasteiger partial charge in [-0.05, 0) is 67.7 Å². The third-order valence-electron chi connectivity index (χ3n) is 9.66. The molecule has 2 aliphatic heterocycles. The van der Waals surface area contributed by atoms with Gasteiger partial charge in [0.2, 0.25) is 0 Å². The summed E-state index contributed by atoms with van der Waals surface area (Å²) in [7, 11) is -2.86. The van der Waals surface area contributed by atoms with Gasteiger partial charge in [0, 0.05) is 13.1 Å². The van der Waals surface area contributed by atoms with Crippen molar-refractivity contribution in [1.82, 2.24) is 9.97 Å². The fraction of sp³-hybridized carbons (Fsp3) is 0.457. The molecule has 8 heteroatoms. The Morgan fingerprint density at radius 1 is 0.930 bits per heavy atom. The Kier molecular flexibility index (Phi) is 8.09. The predicted molar refractivity (Wildman–Crippen MR) is 181 cm³/mol. The van der Waals surface area contributed by atoms with Crippen molar-refractivity contribution in [3.8, 4) is 0 Å². The molecule has 0 radical (unpaired) electrons. The number of aromatic nitrogens is 2. The van der Waals surface area contributed by atoms with E-state index in [2.05, 4.69) is 131 Å². The molecule has 226 valence electrons. The molecule has 6 nitrogen and oxygen atoms in total. The molecule has 2 aromatic heterocycles. The van der Waals surface area contributed by atoms with E-state index in [1.165, 1.54) is 15.9 Å². The number of rotatable bonds is 10. The maximum Gasteiger partial charge on any atom is 0.512 e. The van der Waals surface area contributed by atoms with Crippen molar-refractivity contribution in [2.24, 2.45) is 0 Å². The minimum Gasteiger partial charge on any atom is -0.401 e. The van der Waals surface area contributed by atoms with E-state index < -0.39 is 26.6 Å². The van der Waals surface area contributed by atoms with Gasteiger partial charge in [0.1, 0.15) is 5.82 Å². The SMILES string of the molecule is CCCC[Si](OC1CN(c2ccc3[nH]c(B4OC(C)(C)C(C)(C)O4)c(C(C)C)c3n2)C1)(c1ccccc1)c1ccccc1. The second-order valence-electron chi connectivity index (χ2n) is 13.6. The number of nitrogens with zero attached hydrogens (tertiary/aromatic N) is 2. The molecule has 1 N–H and O–H groups in total. The van der Waals surface area contributed by atoms with Crippen molar-refractivity contribution < 1.29 is 13.7 Å². The van der Waals surface area contributed by atoms with Crippen LogP contribution < -0.4 is 20.9 Å². The third kappa shape index (κ3) is 5.48. The molecule has 4 heterocycles. The molecule has 2 aromatic carbocycles. The number of unbranched alkanes of at least 4 members (excludes halogenated alkanes) is 1. The molecule has 0 atom stereocenters. The summed E-state index contributed by atoms with van der Waals surface area (Å²) in [6.07, 6.45) is 2.47. The maximum atomic E-state index is 7.29. The van der Waals surface area contributed by atoms with Gasteiger partial charge in [-0.1, -0.05) is 94.3 Å². The molecule has 43 heavy (non-hydrogen) atoms. The van der Waals surface area contributed by atoms with Gasteiger partial charge < -0.3 is 23.6 Å². The summed E-state index contributed by atoms with van der Waals surface area (Å²) in [5, 5.41) is 2.72. The minimum atomic E-state index is -2.42. The smallest absolute Gasteiger partial charge is 0.401 e. The van der Waals surface area contributed by atoms with Crippen molar-refractivity contribution >= 4 is 48.3 Å². The lowest BCUT2D eigenvalue weighted by Gasteiger charge is -2.45. The van der Waals surface area contributed by atoms with Crippen molar-refractivity contribution in [1.29, 1.82) is 0 Å². The van der Waals surface area contributed by atoms with E-state index in [1.54, 1.807) is 0 Å². The largest absolute Gasteiger partial charge is 0.512 e. The number of pyridine rings is 1. The lowest BCUT2D eigenvalue weighted by Crippen LogP contribution is -2.66. The Morgan fingerprint density at radius 2 is 1.51 bits per heavy atom. The standard InChI is InChI=1S/C35H46BN3O3Si/c1-8-9-22-43(27-16-12-10-13-17-27,28-18-14-11-15-19-28)40-26-23-39(24-26)30-21-20-29-32(38-30)31(25(2)3)33(37-29)36-41-34(4,5)35(6,7)42-36/h10-21,25-26,37H,8-9,22-24H2,1-7H3. The summed E-state index contributed by atoms with van der Waals surface area (Å²) in [5.41, 5.74) is 3.37. The van der Waals surface area contributed by atoms with Gasteiger partial charge in [-0.3, -0.25) is 0 Å². The normalized spacial score (nSPS) is 18.5. The van der Waals surface area contributed by atoms with Crippen LogP contribution in [-0.4, -0.2) is 55.8 Å². The van der Waals surface area contributed by atoms with Crippen LogP contribution in [0.25, 0.3) is 11.0 Å². The van der Waals surface area contributed by atoms with Crippen molar-refractivity contribution in [3.05, 3.63) is 78.4 Å². The number of hydrogen-bond donors (Lipinski definition) is 1. The van der Waals surface area contributed by atoms with Gasteiger partial charge in [-0.15, -0.1) is 0 Å². The third-order valence-corrected chi connectivity index (χ3v) is 14.0. The van der Waals surface area contributed by atoms with Gasteiger partial charge in [0.05, 0.1) is 33.9 Å². The average molecular weight is 596 g/mol. The number of aromatic amines is 1. The number of nitrogens with one attached hydrogen (secondary N) is 1. The molecule has 0 aliphatic carbocycles. The average Bonchev–Trinajstić information content (AvgIpc) is 3.46. The van der Waals surface area contributed by atoms with Crippen molar-refractivity contribution in [2.75, 3.05) is 18.0 Å². The highest BCUT2D eigenvalue weighted by molar-refractivity contribution is 6.97. The molecule has 0 amide bonds. The molecule has 2 aliphatic rings. The quantitative estimate of drug-likeness (QED) is 0.237. The molecular formula is C35H46BN3O3Si. The Bertz CT molecular complexity index is 1500. The fourth-order valence-corrected chi connectivity index (χ4v) is 10.8. The number of benzene rings is 2. The van der Waals surface area contributed by atoms with E-state index in [4.69, 9.17) is 18.7 Å². The summed E-state index contributed by atoms with van der Waals surface area (Å²) < 4.78 is 20.2. The van der Waals surface area contributed by atoms with E-state index in [0.717, 1.165) is 54.4 Å². The molecule has 2 fully saturated rings. The topological polar surface area (TPSA) is 59.6 Å².